The Labute approximate surface area is 133 Å². The minimum Gasteiger partial charge on any atom is -0.300 e. The molecular weight excluding hydrogens is 298 g/mol. The topological polar surface area (TPSA) is 72.7 Å². The third kappa shape index (κ3) is 4.13. The van der Waals surface area contributed by atoms with Gasteiger partial charge in [0.05, 0.1) is 12.1 Å². The second-order valence-electron chi connectivity index (χ2n) is 5.91. The van der Waals surface area contributed by atoms with E-state index in [-0.39, 0.29) is 12.3 Å². The van der Waals surface area contributed by atoms with E-state index in [1.165, 1.54) is 43.4 Å². The Morgan fingerprint density at radius 2 is 2.18 bits per heavy atom. The first-order chi connectivity index (χ1) is 10.7. The Hall–Kier alpha value is -1.76. The van der Waals surface area contributed by atoms with Crippen LogP contribution in [0, 0.1) is 5.92 Å². The van der Waals surface area contributed by atoms with E-state index in [0.717, 1.165) is 23.0 Å². The van der Waals surface area contributed by atoms with Gasteiger partial charge in [-0.15, -0.1) is 10.2 Å². The molecule has 0 aliphatic heterocycles. The summed E-state index contributed by atoms with van der Waals surface area (Å²) >= 11 is 1.49. The van der Waals surface area contributed by atoms with E-state index < -0.39 is 0 Å². The number of amides is 1. The van der Waals surface area contributed by atoms with E-state index in [1.807, 2.05) is 19.3 Å². The van der Waals surface area contributed by atoms with Crippen LogP contribution in [0.2, 0.25) is 0 Å². The standard InChI is InChI=1S/C15H21N5OS/c1-20-8-7-12(19-20)10-13(21)16-15-18-17-14(22-15)9-11-5-3-2-4-6-11/h7-8,11H,2-6,9-10H2,1H3,(H,16,18,21). The highest BCUT2D eigenvalue weighted by Gasteiger charge is 2.17. The number of anilines is 1. The zero-order chi connectivity index (χ0) is 15.4. The van der Waals surface area contributed by atoms with Crippen molar-refractivity contribution in [2.75, 3.05) is 5.32 Å². The van der Waals surface area contributed by atoms with Crippen molar-refractivity contribution < 1.29 is 4.79 Å². The minimum atomic E-state index is -0.0981. The van der Waals surface area contributed by atoms with Crippen LogP contribution >= 0.6 is 11.3 Å². The molecule has 1 fully saturated rings. The van der Waals surface area contributed by atoms with E-state index in [4.69, 9.17) is 0 Å². The normalized spacial score (nSPS) is 15.9. The van der Waals surface area contributed by atoms with Crippen LogP contribution in [-0.2, 0) is 24.7 Å². The Morgan fingerprint density at radius 1 is 1.36 bits per heavy atom. The molecule has 0 radical (unpaired) electrons. The first-order valence-electron chi connectivity index (χ1n) is 7.80. The number of carbonyl (C=O) groups excluding carboxylic acids is 1. The molecule has 1 aliphatic rings. The maximum Gasteiger partial charge on any atom is 0.232 e. The largest absolute Gasteiger partial charge is 0.300 e. The van der Waals surface area contributed by atoms with Crippen molar-refractivity contribution in [1.82, 2.24) is 20.0 Å². The van der Waals surface area contributed by atoms with E-state index in [0.29, 0.717) is 5.13 Å². The van der Waals surface area contributed by atoms with Gasteiger partial charge in [0, 0.05) is 19.7 Å². The van der Waals surface area contributed by atoms with Crippen molar-refractivity contribution >= 4 is 22.4 Å². The molecule has 1 amide bonds. The lowest BCUT2D eigenvalue weighted by Gasteiger charge is -2.19. The predicted molar refractivity (Wildman–Crippen MR) is 85.7 cm³/mol. The first kappa shape index (κ1) is 15.1. The highest BCUT2D eigenvalue weighted by Crippen LogP contribution is 2.28. The van der Waals surface area contributed by atoms with Crippen LogP contribution < -0.4 is 5.32 Å². The van der Waals surface area contributed by atoms with Crippen molar-refractivity contribution in [1.29, 1.82) is 0 Å². The van der Waals surface area contributed by atoms with Gasteiger partial charge >= 0.3 is 0 Å². The summed E-state index contributed by atoms with van der Waals surface area (Å²) in [5.74, 6) is 0.637. The monoisotopic (exact) mass is 319 g/mol. The van der Waals surface area contributed by atoms with Crippen LogP contribution in [0.15, 0.2) is 12.3 Å². The number of hydrogen-bond donors (Lipinski definition) is 1. The lowest BCUT2D eigenvalue weighted by molar-refractivity contribution is -0.115. The summed E-state index contributed by atoms with van der Waals surface area (Å²) in [5, 5.41) is 16.9. The van der Waals surface area contributed by atoms with Gasteiger partial charge in [0.25, 0.3) is 0 Å². The zero-order valence-electron chi connectivity index (χ0n) is 12.8. The molecule has 118 valence electrons. The summed E-state index contributed by atoms with van der Waals surface area (Å²) < 4.78 is 1.69. The number of hydrogen-bond acceptors (Lipinski definition) is 5. The molecule has 1 N–H and O–H groups in total. The summed E-state index contributed by atoms with van der Waals surface area (Å²) in [6.07, 6.45) is 9.69. The first-order valence-corrected chi connectivity index (χ1v) is 8.61. The molecule has 7 heteroatoms. The molecule has 22 heavy (non-hydrogen) atoms. The van der Waals surface area contributed by atoms with Crippen LogP contribution in [0.25, 0.3) is 0 Å². The Morgan fingerprint density at radius 3 is 2.91 bits per heavy atom. The molecule has 0 bridgehead atoms. The summed E-state index contributed by atoms with van der Waals surface area (Å²) in [5.41, 5.74) is 0.756. The van der Waals surface area contributed by atoms with Crippen LogP contribution in [0.5, 0.6) is 0 Å². The van der Waals surface area contributed by atoms with Gasteiger partial charge in [-0.2, -0.15) is 5.10 Å². The fourth-order valence-electron chi connectivity index (χ4n) is 2.91. The van der Waals surface area contributed by atoms with Crippen molar-refractivity contribution in [3.63, 3.8) is 0 Å². The van der Waals surface area contributed by atoms with Gasteiger partial charge in [-0.25, -0.2) is 0 Å². The van der Waals surface area contributed by atoms with Crippen LogP contribution in [-0.4, -0.2) is 25.9 Å². The van der Waals surface area contributed by atoms with Gasteiger partial charge < -0.3 is 5.32 Å². The van der Waals surface area contributed by atoms with Crippen molar-refractivity contribution in [2.45, 2.75) is 44.9 Å². The summed E-state index contributed by atoms with van der Waals surface area (Å²) in [6.45, 7) is 0. The number of aromatic nitrogens is 4. The number of aryl methyl sites for hydroxylation is 1. The smallest absolute Gasteiger partial charge is 0.232 e. The van der Waals surface area contributed by atoms with E-state index in [1.54, 1.807) is 4.68 Å². The van der Waals surface area contributed by atoms with Crippen LogP contribution in [0.1, 0.15) is 42.8 Å². The second-order valence-corrected chi connectivity index (χ2v) is 6.98. The molecule has 0 unspecified atom stereocenters. The van der Waals surface area contributed by atoms with E-state index in [2.05, 4.69) is 20.6 Å². The third-order valence-corrected chi connectivity index (χ3v) is 4.87. The Kier molecular flexibility index (Phi) is 4.82. The lowest BCUT2D eigenvalue weighted by atomic mass is 9.87. The van der Waals surface area contributed by atoms with Gasteiger partial charge in [0.15, 0.2) is 0 Å². The third-order valence-electron chi connectivity index (χ3n) is 4.01. The number of carbonyl (C=O) groups is 1. The van der Waals surface area contributed by atoms with E-state index in [9.17, 15) is 4.79 Å². The van der Waals surface area contributed by atoms with Gasteiger partial charge in [-0.05, 0) is 12.0 Å². The van der Waals surface area contributed by atoms with Gasteiger partial charge in [-0.1, -0.05) is 43.4 Å². The molecule has 0 spiro atoms. The zero-order valence-corrected chi connectivity index (χ0v) is 13.6. The minimum absolute atomic E-state index is 0.0981. The van der Waals surface area contributed by atoms with Gasteiger partial charge in [0.2, 0.25) is 11.0 Å². The summed E-state index contributed by atoms with van der Waals surface area (Å²) in [7, 11) is 1.84. The fraction of sp³-hybridized carbons (Fsp3) is 0.600. The fourth-order valence-corrected chi connectivity index (χ4v) is 3.78. The average Bonchev–Trinajstić information content (AvgIpc) is 3.09. The quantitative estimate of drug-likeness (QED) is 0.919. The van der Waals surface area contributed by atoms with Gasteiger partial charge in [-0.3, -0.25) is 9.48 Å². The van der Waals surface area contributed by atoms with Crippen molar-refractivity contribution in [3.05, 3.63) is 23.0 Å². The van der Waals surface area contributed by atoms with Crippen LogP contribution in [0.4, 0.5) is 5.13 Å². The molecule has 2 aromatic heterocycles. The van der Waals surface area contributed by atoms with Crippen LogP contribution in [0.3, 0.4) is 0 Å². The number of nitrogens with one attached hydrogen (secondary N) is 1. The van der Waals surface area contributed by atoms with E-state index >= 15 is 0 Å². The molecule has 1 aliphatic carbocycles. The highest BCUT2D eigenvalue weighted by molar-refractivity contribution is 7.15. The molecule has 2 aromatic rings. The number of rotatable bonds is 5. The molecule has 6 nitrogen and oxygen atoms in total. The molecule has 0 saturated heterocycles. The predicted octanol–water partition coefficient (Wildman–Crippen LogP) is 2.58. The maximum atomic E-state index is 12.0. The average molecular weight is 319 g/mol. The van der Waals surface area contributed by atoms with Crippen molar-refractivity contribution in [3.8, 4) is 0 Å². The summed E-state index contributed by atoms with van der Waals surface area (Å²) in [6, 6.07) is 1.84. The Balaban J connectivity index is 1.51. The van der Waals surface area contributed by atoms with Crippen molar-refractivity contribution in [2.24, 2.45) is 13.0 Å². The molecular formula is C15H21N5OS. The lowest BCUT2D eigenvalue weighted by Crippen LogP contribution is -2.14. The highest BCUT2D eigenvalue weighted by atomic mass is 32.1. The molecule has 1 saturated carbocycles. The Bertz CT molecular complexity index is 629. The molecule has 2 heterocycles. The molecule has 0 atom stereocenters. The summed E-state index contributed by atoms with van der Waals surface area (Å²) in [4.78, 5) is 12.0. The second kappa shape index (κ2) is 7.00. The molecule has 0 aromatic carbocycles. The SMILES string of the molecule is Cn1ccc(CC(=O)Nc2nnc(CC3CCCCC3)s2)n1. The van der Waals surface area contributed by atoms with Gasteiger partial charge in [0.1, 0.15) is 5.01 Å². The number of nitrogens with zero attached hydrogens (tertiary/aromatic N) is 4. The maximum absolute atomic E-state index is 12.0. The molecule has 3 rings (SSSR count).